The number of H-pyrrole nitrogens is 1. The molecule has 0 aliphatic rings. The molecule has 3 aromatic rings. The van der Waals surface area contributed by atoms with Gasteiger partial charge in [-0.15, -0.1) is 0 Å². The fourth-order valence-corrected chi connectivity index (χ4v) is 2.87. The summed E-state index contributed by atoms with van der Waals surface area (Å²) in [6.45, 7) is 7.85. The molecule has 3 amide bonds. The Bertz CT molecular complexity index is 987. The number of anilines is 2. The van der Waals surface area contributed by atoms with E-state index in [1.54, 1.807) is 30.3 Å². The normalized spacial score (nSPS) is 10.9. The zero-order chi connectivity index (χ0) is 19.6. The molecule has 1 aromatic heterocycles. The first-order valence-corrected chi connectivity index (χ1v) is 8.91. The molecule has 0 saturated heterocycles. The first kappa shape index (κ1) is 18.5. The summed E-state index contributed by atoms with van der Waals surface area (Å²) >= 11 is 0. The van der Waals surface area contributed by atoms with Crippen LogP contribution in [-0.2, 0) is 0 Å². The summed E-state index contributed by atoms with van der Waals surface area (Å²) in [6.07, 6.45) is 0. The van der Waals surface area contributed by atoms with Crippen molar-refractivity contribution < 1.29 is 9.59 Å². The van der Waals surface area contributed by atoms with Crippen molar-refractivity contribution in [2.45, 2.75) is 33.7 Å². The lowest BCUT2D eigenvalue weighted by Crippen LogP contribution is -2.34. The molecule has 0 spiro atoms. The van der Waals surface area contributed by atoms with E-state index in [4.69, 9.17) is 0 Å². The molecule has 0 fully saturated rings. The topological polar surface area (TPSA) is 86.0 Å². The SMILES string of the molecule is Cc1[nH]c2ccc(C(=O)Nc3ccc(NC(=O)NC(C)C)cc3)cc2c1C. The van der Waals surface area contributed by atoms with Crippen LogP contribution in [0, 0.1) is 13.8 Å². The van der Waals surface area contributed by atoms with E-state index in [2.05, 4.69) is 20.9 Å². The van der Waals surface area contributed by atoms with Crippen LogP contribution < -0.4 is 16.0 Å². The first-order chi connectivity index (χ1) is 12.8. The number of aryl methyl sites for hydroxylation is 2. The number of aromatic nitrogens is 1. The fraction of sp³-hybridized carbons (Fsp3) is 0.238. The van der Waals surface area contributed by atoms with Gasteiger partial charge >= 0.3 is 6.03 Å². The largest absolute Gasteiger partial charge is 0.358 e. The molecule has 6 nitrogen and oxygen atoms in total. The maximum atomic E-state index is 12.6. The van der Waals surface area contributed by atoms with E-state index in [1.165, 1.54) is 0 Å². The van der Waals surface area contributed by atoms with Gasteiger partial charge in [-0.1, -0.05) is 0 Å². The molecule has 6 heteroatoms. The number of amides is 3. The molecule has 0 bridgehead atoms. The number of carbonyl (C=O) groups excluding carboxylic acids is 2. The Morgan fingerprint density at radius 2 is 1.56 bits per heavy atom. The van der Waals surface area contributed by atoms with Crippen molar-refractivity contribution in [1.82, 2.24) is 10.3 Å². The summed E-state index contributed by atoms with van der Waals surface area (Å²) in [7, 11) is 0. The molecular formula is C21H24N4O2. The Balaban J connectivity index is 1.69. The van der Waals surface area contributed by atoms with Crippen LogP contribution in [0.25, 0.3) is 10.9 Å². The predicted octanol–water partition coefficient (Wildman–Crippen LogP) is 4.57. The van der Waals surface area contributed by atoms with Gasteiger partial charge in [-0.05, 0) is 75.7 Å². The van der Waals surface area contributed by atoms with Crippen molar-refractivity contribution in [2.75, 3.05) is 10.6 Å². The molecule has 3 rings (SSSR count). The lowest BCUT2D eigenvalue weighted by Gasteiger charge is -2.11. The Kier molecular flexibility index (Phi) is 5.16. The van der Waals surface area contributed by atoms with Crippen molar-refractivity contribution in [1.29, 1.82) is 0 Å². The van der Waals surface area contributed by atoms with Gasteiger partial charge < -0.3 is 20.9 Å². The van der Waals surface area contributed by atoms with E-state index in [0.29, 0.717) is 16.9 Å². The van der Waals surface area contributed by atoms with E-state index < -0.39 is 0 Å². The highest BCUT2D eigenvalue weighted by Gasteiger charge is 2.10. The van der Waals surface area contributed by atoms with E-state index >= 15 is 0 Å². The smallest absolute Gasteiger partial charge is 0.319 e. The molecule has 0 unspecified atom stereocenters. The minimum absolute atomic E-state index is 0.0633. The number of nitrogens with one attached hydrogen (secondary N) is 4. The molecule has 0 radical (unpaired) electrons. The molecule has 0 saturated carbocycles. The zero-order valence-electron chi connectivity index (χ0n) is 15.9. The molecular weight excluding hydrogens is 340 g/mol. The second-order valence-corrected chi connectivity index (χ2v) is 6.92. The monoisotopic (exact) mass is 364 g/mol. The van der Waals surface area contributed by atoms with Gasteiger partial charge in [0, 0.05) is 39.6 Å². The number of hydrogen-bond donors (Lipinski definition) is 4. The number of urea groups is 1. The van der Waals surface area contributed by atoms with Crippen LogP contribution >= 0.6 is 0 Å². The summed E-state index contributed by atoms with van der Waals surface area (Å²) in [6, 6.07) is 12.4. The van der Waals surface area contributed by atoms with Gasteiger partial charge in [-0.3, -0.25) is 4.79 Å². The first-order valence-electron chi connectivity index (χ1n) is 8.91. The van der Waals surface area contributed by atoms with Gasteiger partial charge in [0.15, 0.2) is 0 Å². The fourth-order valence-electron chi connectivity index (χ4n) is 2.87. The lowest BCUT2D eigenvalue weighted by atomic mass is 10.1. The molecule has 2 aromatic carbocycles. The minimum atomic E-state index is -0.257. The van der Waals surface area contributed by atoms with Gasteiger partial charge in [0.25, 0.3) is 5.91 Å². The van der Waals surface area contributed by atoms with Crippen LogP contribution in [0.1, 0.15) is 35.5 Å². The van der Waals surface area contributed by atoms with Crippen LogP contribution in [0.5, 0.6) is 0 Å². The second-order valence-electron chi connectivity index (χ2n) is 6.92. The maximum absolute atomic E-state index is 12.6. The van der Waals surface area contributed by atoms with Crippen LogP contribution in [0.4, 0.5) is 16.2 Å². The number of benzene rings is 2. The summed E-state index contributed by atoms with van der Waals surface area (Å²) in [5.41, 5.74) is 5.20. The maximum Gasteiger partial charge on any atom is 0.319 e. The van der Waals surface area contributed by atoms with Crippen molar-refractivity contribution in [3.05, 3.63) is 59.3 Å². The van der Waals surface area contributed by atoms with Crippen molar-refractivity contribution >= 4 is 34.2 Å². The van der Waals surface area contributed by atoms with Crippen molar-refractivity contribution in [3.63, 3.8) is 0 Å². The average Bonchev–Trinajstić information content (AvgIpc) is 2.90. The predicted molar refractivity (Wildman–Crippen MR) is 109 cm³/mol. The molecule has 0 atom stereocenters. The summed E-state index contributed by atoms with van der Waals surface area (Å²) in [4.78, 5) is 27.6. The van der Waals surface area contributed by atoms with Crippen LogP contribution in [0.3, 0.4) is 0 Å². The van der Waals surface area contributed by atoms with E-state index in [-0.39, 0.29) is 18.0 Å². The number of rotatable bonds is 4. The molecule has 27 heavy (non-hydrogen) atoms. The van der Waals surface area contributed by atoms with Crippen LogP contribution in [0.2, 0.25) is 0 Å². The third kappa shape index (κ3) is 4.28. The zero-order valence-corrected chi connectivity index (χ0v) is 15.9. The standard InChI is InChI=1S/C21H24N4O2/c1-12(2)22-21(27)25-17-8-6-16(7-9-17)24-20(26)15-5-10-19-18(11-15)13(3)14(4)23-19/h5-12,23H,1-4H3,(H,24,26)(H2,22,25,27). The highest BCUT2D eigenvalue weighted by Crippen LogP contribution is 2.23. The molecule has 0 aliphatic carbocycles. The number of hydrogen-bond acceptors (Lipinski definition) is 2. The van der Waals surface area contributed by atoms with E-state index in [1.807, 2.05) is 39.8 Å². The van der Waals surface area contributed by atoms with Gasteiger partial charge in [0.05, 0.1) is 0 Å². The van der Waals surface area contributed by atoms with Crippen molar-refractivity contribution in [2.24, 2.45) is 0 Å². The highest BCUT2D eigenvalue weighted by atomic mass is 16.2. The Hall–Kier alpha value is -3.28. The lowest BCUT2D eigenvalue weighted by molar-refractivity contribution is 0.102. The highest BCUT2D eigenvalue weighted by molar-refractivity contribution is 6.06. The van der Waals surface area contributed by atoms with Crippen LogP contribution in [0.15, 0.2) is 42.5 Å². The van der Waals surface area contributed by atoms with Gasteiger partial charge in [-0.2, -0.15) is 0 Å². The Morgan fingerprint density at radius 3 is 2.19 bits per heavy atom. The van der Waals surface area contributed by atoms with Gasteiger partial charge in [0.1, 0.15) is 0 Å². The van der Waals surface area contributed by atoms with E-state index in [9.17, 15) is 9.59 Å². The Labute approximate surface area is 158 Å². The van der Waals surface area contributed by atoms with Crippen LogP contribution in [-0.4, -0.2) is 23.0 Å². The molecule has 1 heterocycles. The number of carbonyl (C=O) groups is 2. The third-order valence-corrected chi connectivity index (χ3v) is 4.39. The number of fused-ring (bicyclic) bond motifs is 1. The molecule has 0 aliphatic heterocycles. The quantitative estimate of drug-likeness (QED) is 0.547. The van der Waals surface area contributed by atoms with Crippen molar-refractivity contribution in [3.8, 4) is 0 Å². The average molecular weight is 364 g/mol. The van der Waals surface area contributed by atoms with E-state index in [0.717, 1.165) is 22.2 Å². The third-order valence-electron chi connectivity index (χ3n) is 4.39. The van der Waals surface area contributed by atoms with Gasteiger partial charge in [0.2, 0.25) is 0 Å². The second kappa shape index (κ2) is 7.53. The Morgan fingerprint density at radius 1 is 0.926 bits per heavy atom. The minimum Gasteiger partial charge on any atom is -0.358 e. The molecule has 4 N–H and O–H groups in total. The summed E-state index contributed by atoms with van der Waals surface area (Å²) in [5.74, 6) is -0.173. The molecule has 140 valence electrons. The number of aromatic amines is 1. The summed E-state index contributed by atoms with van der Waals surface area (Å²) < 4.78 is 0. The van der Waals surface area contributed by atoms with Gasteiger partial charge in [-0.25, -0.2) is 4.79 Å². The summed E-state index contributed by atoms with van der Waals surface area (Å²) in [5, 5.41) is 9.44.